The molecule has 1 aromatic heterocycles. The van der Waals surface area contributed by atoms with E-state index in [-0.39, 0.29) is 6.04 Å². The molecule has 1 aliphatic rings. The lowest BCUT2D eigenvalue weighted by Gasteiger charge is -2.29. The fourth-order valence-corrected chi connectivity index (χ4v) is 2.22. The summed E-state index contributed by atoms with van der Waals surface area (Å²) in [4.78, 5) is 4.29. The van der Waals surface area contributed by atoms with Gasteiger partial charge in [-0.15, -0.1) is 0 Å². The van der Waals surface area contributed by atoms with E-state index < -0.39 is 0 Å². The highest BCUT2D eigenvalue weighted by Crippen LogP contribution is 2.20. The van der Waals surface area contributed by atoms with E-state index in [1.807, 2.05) is 12.1 Å². The van der Waals surface area contributed by atoms with Gasteiger partial charge in [-0.25, -0.2) is 4.98 Å². The first-order chi connectivity index (χ1) is 7.25. The first-order valence-corrected chi connectivity index (χ1v) is 6.18. The first-order valence-electron chi connectivity index (χ1n) is 5.39. The van der Waals surface area contributed by atoms with E-state index in [2.05, 4.69) is 26.2 Å². The minimum atomic E-state index is 0.268. The molecule has 0 saturated heterocycles. The summed E-state index contributed by atoms with van der Waals surface area (Å²) in [6.45, 7) is 0. The summed E-state index contributed by atoms with van der Waals surface area (Å²) >= 11 is 3.37. The summed E-state index contributed by atoms with van der Waals surface area (Å²) in [6.07, 6.45) is 6.60. The maximum Gasteiger partial charge on any atom is 0.126 e. The average Bonchev–Trinajstić information content (AvgIpc) is 2.25. The van der Waals surface area contributed by atoms with Crippen LogP contribution < -0.4 is 11.1 Å². The highest BCUT2D eigenvalue weighted by atomic mass is 79.9. The molecular weight excluding hydrogens is 254 g/mol. The SMILES string of the molecule is N[C@H]1CCCC[C@@H]1Nc1ccc(Br)cn1. The Kier molecular flexibility index (Phi) is 3.59. The Morgan fingerprint density at radius 2 is 2.13 bits per heavy atom. The Labute approximate surface area is 98.6 Å². The molecule has 3 nitrogen and oxygen atoms in total. The van der Waals surface area contributed by atoms with E-state index in [0.717, 1.165) is 23.1 Å². The summed E-state index contributed by atoms with van der Waals surface area (Å²) < 4.78 is 1.00. The predicted octanol–water partition coefficient (Wildman–Crippen LogP) is 2.53. The van der Waals surface area contributed by atoms with Crippen LogP contribution in [0.25, 0.3) is 0 Å². The maximum absolute atomic E-state index is 6.06. The predicted molar refractivity (Wildman–Crippen MR) is 65.8 cm³/mol. The van der Waals surface area contributed by atoms with Crippen molar-refractivity contribution in [2.45, 2.75) is 37.8 Å². The molecule has 1 fully saturated rings. The largest absolute Gasteiger partial charge is 0.366 e. The molecule has 1 aliphatic carbocycles. The molecule has 1 heterocycles. The van der Waals surface area contributed by atoms with Crippen LogP contribution in [0.5, 0.6) is 0 Å². The Morgan fingerprint density at radius 1 is 1.33 bits per heavy atom. The number of aromatic nitrogens is 1. The van der Waals surface area contributed by atoms with Gasteiger partial charge in [0.25, 0.3) is 0 Å². The van der Waals surface area contributed by atoms with Crippen molar-refractivity contribution >= 4 is 21.7 Å². The lowest BCUT2D eigenvalue weighted by atomic mass is 9.91. The van der Waals surface area contributed by atoms with Crippen LogP contribution in [0.4, 0.5) is 5.82 Å². The number of nitrogens with two attached hydrogens (primary N) is 1. The molecule has 0 radical (unpaired) electrons. The zero-order chi connectivity index (χ0) is 10.7. The number of anilines is 1. The van der Waals surface area contributed by atoms with E-state index in [4.69, 9.17) is 5.73 Å². The smallest absolute Gasteiger partial charge is 0.126 e. The second-order valence-electron chi connectivity index (χ2n) is 4.06. The molecule has 1 aromatic rings. The van der Waals surface area contributed by atoms with E-state index in [1.54, 1.807) is 6.20 Å². The number of hydrogen-bond donors (Lipinski definition) is 2. The van der Waals surface area contributed by atoms with E-state index in [0.29, 0.717) is 6.04 Å². The number of pyridine rings is 1. The van der Waals surface area contributed by atoms with Gasteiger partial charge in [0, 0.05) is 22.8 Å². The van der Waals surface area contributed by atoms with Gasteiger partial charge in [0.05, 0.1) is 0 Å². The topological polar surface area (TPSA) is 50.9 Å². The van der Waals surface area contributed by atoms with Crippen LogP contribution in [0.2, 0.25) is 0 Å². The van der Waals surface area contributed by atoms with Crippen LogP contribution in [0.1, 0.15) is 25.7 Å². The number of nitrogens with one attached hydrogen (secondary N) is 1. The molecule has 15 heavy (non-hydrogen) atoms. The molecular formula is C11H16BrN3. The van der Waals surface area contributed by atoms with Crippen LogP contribution in [-0.4, -0.2) is 17.1 Å². The highest BCUT2D eigenvalue weighted by Gasteiger charge is 2.21. The molecule has 0 aliphatic heterocycles. The Morgan fingerprint density at radius 3 is 2.80 bits per heavy atom. The molecule has 82 valence electrons. The number of rotatable bonds is 2. The summed E-state index contributed by atoms with van der Waals surface area (Å²) in [6, 6.07) is 4.62. The van der Waals surface area contributed by atoms with Gasteiger partial charge in [0.15, 0.2) is 0 Å². The van der Waals surface area contributed by atoms with Gasteiger partial charge in [-0.05, 0) is 40.9 Å². The summed E-state index contributed by atoms with van der Waals surface area (Å²) in [7, 11) is 0. The third kappa shape index (κ3) is 2.92. The summed E-state index contributed by atoms with van der Waals surface area (Å²) in [5.41, 5.74) is 6.06. The fraction of sp³-hybridized carbons (Fsp3) is 0.545. The standard InChI is InChI=1S/C11H16BrN3/c12-8-5-6-11(14-7-8)15-10-4-2-1-3-9(10)13/h5-7,9-10H,1-4,13H2,(H,14,15)/t9-,10-/m0/s1. The molecule has 2 atom stereocenters. The minimum absolute atomic E-state index is 0.268. The van der Waals surface area contributed by atoms with Crippen molar-refractivity contribution in [3.05, 3.63) is 22.8 Å². The Bertz CT molecular complexity index is 312. The van der Waals surface area contributed by atoms with Crippen molar-refractivity contribution in [2.75, 3.05) is 5.32 Å². The average molecular weight is 270 g/mol. The van der Waals surface area contributed by atoms with Crippen molar-refractivity contribution in [2.24, 2.45) is 5.73 Å². The van der Waals surface area contributed by atoms with Crippen molar-refractivity contribution < 1.29 is 0 Å². The van der Waals surface area contributed by atoms with Gasteiger partial charge in [-0.1, -0.05) is 12.8 Å². The minimum Gasteiger partial charge on any atom is -0.366 e. The molecule has 0 amide bonds. The van der Waals surface area contributed by atoms with E-state index in [9.17, 15) is 0 Å². The van der Waals surface area contributed by atoms with E-state index >= 15 is 0 Å². The molecule has 4 heteroatoms. The zero-order valence-electron chi connectivity index (χ0n) is 8.62. The van der Waals surface area contributed by atoms with Gasteiger partial charge in [-0.3, -0.25) is 0 Å². The fourth-order valence-electron chi connectivity index (χ4n) is 1.99. The van der Waals surface area contributed by atoms with Gasteiger partial charge in [0.1, 0.15) is 5.82 Å². The molecule has 0 spiro atoms. The van der Waals surface area contributed by atoms with Crippen LogP contribution in [0.15, 0.2) is 22.8 Å². The Hall–Kier alpha value is -0.610. The normalized spacial score (nSPS) is 26.3. The number of nitrogens with zero attached hydrogens (tertiary/aromatic N) is 1. The first kappa shape index (κ1) is 10.9. The molecule has 0 unspecified atom stereocenters. The second-order valence-corrected chi connectivity index (χ2v) is 4.98. The van der Waals surface area contributed by atoms with Crippen molar-refractivity contribution in [3.8, 4) is 0 Å². The summed E-state index contributed by atoms with van der Waals surface area (Å²) in [5, 5.41) is 3.40. The maximum atomic E-state index is 6.06. The van der Waals surface area contributed by atoms with Gasteiger partial charge in [0.2, 0.25) is 0 Å². The van der Waals surface area contributed by atoms with Gasteiger partial charge < -0.3 is 11.1 Å². The molecule has 1 saturated carbocycles. The molecule has 3 N–H and O–H groups in total. The summed E-state index contributed by atoms with van der Waals surface area (Å²) in [5.74, 6) is 0.917. The van der Waals surface area contributed by atoms with E-state index in [1.165, 1.54) is 12.8 Å². The molecule has 0 aromatic carbocycles. The number of halogens is 1. The van der Waals surface area contributed by atoms with Crippen molar-refractivity contribution in [3.63, 3.8) is 0 Å². The zero-order valence-corrected chi connectivity index (χ0v) is 10.2. The second kappa shape index (κ2) is 4.94. The van der Waals surface area contributed by atoms with Crippen LogP contribution in [0.3, 0.4) is 0 Å². The van der Waals surface area contributed by atoms with Gasteiger partial charge >= 0.3 is 0 Å². The highest BCUT2D eigenvalue weighted by molar-refractivity contribution is 9.10. The van der Waals surface area contributed by atoms with Crippen LogP contribution in [-0.2, 0) is 0 Å². The molecule has 0 bridgehead atoms. The van der Waals surface area contributed by atoms with Crippen molar-refractivity contribution in [1.29, 1.82) is 0 Å². The lowest BCUT2D eigenvalue weighted by Crippen LogP contribution is -2.42. The Balaban J connectivity index is 1.98. The number of hydrogen-bond acceptors (Lipinski definition) is 3. The molecule has 2 rings (SSSR count). The third-order valence-corrected chi connectivity index (χ3v) is 3.35. The van der Waals surface area contributed by atoms with Gasteiger partial charge in [-0.2, -0.15) is 0 Å². The third-order valence-electron chi connectivity index (χ3n) is 2.88. The van der Waals surface area contributed by atoms with Crippen LogP contribution in [0, 0.1) is 0 Å². The monoisotopic (exact) mass is 269 g/mol. The lowest BCUT2D eigenvalue weighted by molar-refractivity contribution is 0.403. The van der Waals surface area contributed by atoms with Crippen LogP contribution >= 0.6 is 15.9 Å². The van der Waals surface area contributed by atoms with Crippen molar-refractivity contribution in [1.82, 2.24) is 4.98 Å². The quantitative estimate of drug-likeness (QED) is 0.868.